The second-order valence-corrected chi connectivity index (χ2v) is 3.44. The molecule has 0 spiro atoms. The number of aromatic carboxylic acids is 1. The van der Waals surface area contributed by atoms with Crippen molar-refractivity contribution >= 4 is 11.5 Å². The molecular formula is C11H12N2O2. The van der Waals surface area contributed by atoms with Gasteiger partial charge in [0.1, 0.15) is 5.82 Å². The van der Waals surface area contributed by atoms with Crippen molar-refractivity contribution < 1.29 is 9.90 Å². The van der Waals surface area contributed by atoms with Crippen LogP contribution in [0.25, 0.3) is 5.52 Å². The van der Waals surface area contributed by atoms with Gasteiger partial charge in [-0.3, -0.25) is 0 Å². The van der Waals surface area contributed by atoms with Gasteiger partial charge >= 0.3 is 5.97 Å². The lowest BCUT2D eigenvalue weighted by molar-refractivity contribution is 0.0697. The van der Waals surface area contributed by atoms with Crippen molar-refractivity contribution in [3.05, 3.63) is 35.9 Å². The molecule has 0 unspecified atom stereocenters. The minimum absolute atomic E-state index is 0.297. The first-order valence-electron chi connectivity index (χ1n) is 4.91. The zero-order chi connectivity index (χ0) is 10.8. The third-order valence-electron chi connectivity index (χ3n) is 2.33. The number of hydrogen-bond acceptors (Lipinski definition) is 2. The Kier molecular flexibility index (Phi) is 2.41. The SMILES string of the molecule is CCCc1ncc2cc(C(=O)O)ccn12. The van der Waals surface area contributed by atoms with Gasteiger partial charge in [0.05, 0.1) is 17.3 Å². The fourth-order valence-corrected chi connectivity index (χ4v) is 1.60. The molecule has 0 fully saturated rings. The maximum Gasteiger partial charge on any atom is 0.335 e. The molecule has 0 aliphatic rings. The van der Waals surface area contributed by atoms with Gasteiger partial charge in [-0.05, 0) is 18.6 Å². The van der Waals surface area contributed by atoms with E-state index in [2.05, 4.69) is 11.9 Å². The van der Waals surface area contributed by atoms with Gasteiger partial charge in [0.15, 0.2) is 0 Å². The molecule has 2 heterocycles. The second kappa shape index (κ2) is 3.73. The number of carboxylic acid groups (broad SMARTS) is 1. The Balaban J connectivity index is 2.51. The van der Waals surface area contributed by atoms with Crippen LogP contribution < -0.4 is 0 Å². The lowest BCUT2D eigenvalue weighted by Crippen LogP contribution is -1.99. The molecule has 15 heavy (non-hydrogen) atoms. The number of pyridine rings is 1. The topological polar surface area (TPSA) is 54.6 Å². The zero-order valence-electron chi connectivity index (χ0n) is 8.47. The molecule has 0 aromatic carbocycles. The molecule has 0 radical (unpaired) electrons. The average Bonchev–Trinajstić information content (AvgIpc) is 2.61. The zero-order valence-corrected chi connectivity index (χ0v) is 8.47. The second-order valence-electron chi connectivity index (χ2n) is 3.44. The average molecular weight is 204 g/mol. The molecule has 2 rings (SSSR count). The fraction of sp³-hybridized carbons (Fsp3) is 0.273. The van der Waals surface area contributed by atoms with Crippen LogP contribution in [0.1, 0.15) is 29.5 Å². The normalized spacial score (nSPS) is 10.7. The molecule has 0 amide bonds. The largest absolute Gasteiger partial charge is 0.478 e. The summed E-state index contributed by atoms with van der Waals surface area (Å²) in [7, 11) is 0. The highest BCUT2D eigenvalue weighted by atomic mass is 16.4. The molecule has 0 aliphatic carbocycles. The lowest BCUT2D eigenvalue weighted by atomic mass is 10.2. The van der Waals surface area contributed by atoms with Crippen LogP contribution in [-0.2, 0) is 6.42 Å². The van der Waals surface area contributed by atoms with E-state index in [4.69, 9.17) is 5.11 Å². The minimum Gasteiger partial charge on any atom is -0.478 e. The Labute approximate surface area is 87.2 Å². The van der Waals surface area contributed by atoms with E-state index in [1.54, 1.807) is 24.5 Å². The summed E-state index contributed by atoms with van der Waals surface area (Å²) in [6, 6.07) is 3.23. The van der Waals surface area contributed by atoms with Crippen molar-refractivity contribution in [2.24, 2.45) is 0 Å². The van der Waals surface area contributed by atoms with E-state index in [0.29, 0.717) is 5.56 Å². The molecule has 1 N–H and O–H groups in total. The summed E-state index contributed by atoms with van der Waals surface area (Å²) in [5.74, 6) is 0.0696. The molecule has 4 nitrogen and oxygen atoms in total. The van der Waals surface area contributed by atoms with Gasteiger partial charge in [0.25, 0.3) is 0 Å². The standard InChI is InChI=1S/C11H12N2O2/c1-2-3-10-12-7-9-6-8(11(14)15)4-5-13(9)10/h4-7H,2-3H2,1H3,(H,14,15). The summed E-state index contributed by atoms with van der Waals surface area (Å²) in [5, 5.41) is 8.82. The van der Waals surface area contributed by atoms with Crippen LogP contribution in [0.15, 0.2) is 24.5 Å². The molecule has 0 bridgehead atoms. The first kappa shape index (κ1) is 9.71. The van der Waals surface area contributed by atoms with Gasteiger partial charge in [-0.15, -0.1) is 0 Å². The molecule has 2 aromatic rings. The first-order valence-corrected chi connectivity index (χ1v) is 4.91. The van der Waals surface area contributed by atoms with Crippen molar-refractivity contribution in [3.8, 4) is 0 Å². The van der Waals surface area contributed by atoms with Crippen LogP contribution in [0.4, 0.5) is 0 Å². The fourth-order valence-electron chi connectivity index (χ4n) is 1.60. The Morgan fingerprint density at radius 2 is 2.40 bits per heavy atom. The van der Waals surface area contributed by atoms with Crippen molar-refractivity contribution in [2.75, 3.05) is 0 Å². The summed E-state index contributed by atoms with van der Waals surface area (Å²) in [6.45, 7) is 2.09. The predicted molar refractivity (Wildman–Crippen MR) is 56.1 cm³/mol. The highest BCUT2D eigenvalue weighted by Crippen LogP contribution is 2.11. The molecule has 0 saturated carbocycles. The van der Waals surface area contributed by atoms with Crippen LogP contribution in [0.5, 0.6) is 0 Å². The van der Waals surface area contributed by atoms with Gasteiger partial charge in [0.2, 0.25) is 0 Å². The van der Waals surface area contributed by atoms with Crippen molar-refractivity contribution in [2.45, 2.75) is 19.8 Å². The van der Waals surface area contributed by atoms with Crippen LogP contribution in [0.3, 0.4) is 0 Å². The summed E-state index contributed by atoms with van der Waals surface area (Å²) in [5.41, 5.74) is 1.13. The number of nitrogens with zero attached hydrogens (tertiary/aromatic N) is 2. The van der Waals surface area contributed by atoms with Crippen LogP contribution in [-0.4, -0.2) is 20.5 Å². The number of aromatic nitrogens is 2. The Bertz CT molecular complexity index is 502. The van der Waals surface area contributed by atoms with Gasteiger partial charge < -0.3 is 9.51 Å². The quantitative estimate of drug-likeness (QED) is 0.831. The number of carbonyl (C=O) groups is 1. The third kappa shape index (κ3) is 1.70. The maximum absolute atomic E-state index is 10.7. The van der Waals surface area contributed by atoms with E-state index in [9.17, 15) is 4.79 Å². The Hall–Kier alpha value is -1.84. The number of carboxylic acids is 1. The molecule has 0 atom stereocenters. The monoisotopic (exact) mass is 204 g/mol. The van der Waals surface area contributed by atoms with Crippen LogP contribution >= 0.6 is 0 Å². The van der Waals surface area contributed by atoms with Crippen LogP contribution in [0.2, 0.25) is 0 Å². The van der Waals surface area contributed by atoms with E-state index >= 15 is 0 Å². The van der Waals surface area contributed by atoms with E-state index < -0.39 is 5.97 Å². The number of imidazole rings is 1. The smallest absolute Gasteiger partial charge is 0.335 e. The van der Waals surface area contributed by atoms with E-state index in [1.165, 1.54) is 0 Å². The summed E-state index contributed by atoms with van der Waals surface area (Å²) in [6.07, 6.45) is 5.40. The van der Waals surface area contributed by atoms with Crippen molar-refractivity contribution in [1.82, 2.24) is 9.38 Å². The molecular weight excluding hydrogens is 192 g/mol. The minimum atomic E-state index is -0.907. The third-order valence-corrected chi connectivity index (χ3v) is 2.33. The van der Waals surface area contributed by atoms with Gasteiger partial charge in [-0.1, -0.05) is 6.92 Å². The molecule has 2 aromatic heterocycles. The molecule has 0 saturated heterocycles. The summed E-state index contributed by atoms with van der Waals surface area (Å²) < 4.78 is 1.93. The number of aryl methyl sites for hydroxylation is 1. The Morgan fingerprint density at radius 1 is 1.60 bits per heavy atom. The van der Waals surface area contributed by atoms with E-state index in [1.807, 2.05) is 4.40 Å². The molecule has 0 aliphatic heterocycles. The number of rotatable bonds is 3. The van der Waals surface area contributed by atoms with E-state index in [0.717, 1.165) is 24.2 Å². The summed E-state index contributed by atoms with van der Waals surface area (Å²) >= 11 is 0. The molecule has 78 valence electrons. The van der Waals surface area contributed by atoms with Crippen molar-refractivity contribution in [1.29, 1.82) is 0 Å². The van der Waals surface area contributed by atoms with Crippen molar-refractivity contribution in [3.63, 3.8) is 0 Å². The van der Waals surface area contributed by atoms with Gasteiger partial charge in [-0.2, -0.15) is 0 Å². The highest BCUT2D eigenvalue weighted by molar-refractivity contribution is 5.88. The number of fused-ring (bicyclic) bond motifs is 1. The predicted octanol–water partition coefficient (Wildman–Crippen LogP) is 1.99. The van der Waals surface area contributed by atoms with E-state index in [-0.39, 0.29) is 0 Å². The van der Waals surface area contributed by atoms with Gasteiger partial charge in [-0.25, -0.2) is 9.78 Å². The van der Waals surface area contributed by atoms with Gasteiger partial charge in [0, 0.05) is 12.6 Å². The van der Waals surface area contributed by atoms with Crippen LogP contribution in [0, 0.1) is 0 Å². The highest BCUT2D eigenvalue weighted by Gasteiger charge is 2.06. The Morgan fingerprint density at radius 3 is 3.07 bits per heavy atom. The first-order chi connectivity index (χ1) is 7.22. The maximum atomic E-state index is 10.7. The summed E-state index contributed by atoms with van der Waals surface area (Å²) in [4.78, 5) is 15.0. The number of hydrogen-bond donors (Lipinski definition) is 1. The lowest BCUT2D eigenvalue weighted by Gasteiger charge is -2.00. The molecule has 4 heteroatoms.